The van der Waals surface area contributed by atoms with Gasteiger partial charge in [-0.3, -0.25) is 0 Å². The van der Waals surface area contributed by atoms with E-state index in [9.17, 15) is 9.59 Å². The number of urea groups is 1. The SMILES string of the molecule is CCCC(NC(=O)NC(CC)CC1CC1)C(=O)O. The Kier molecular flexibility index (Phi) is 5.95. The quantitative estimate of drug-likeness (QED) is 0.622. The van der Waals surface area contributed by atoms with E-state index in [1.54, 1.807) is 0 Å². The number of amides is 2. The first-order chi connectivity index (χ1) is 8.56. The third-order valence-corrected chi connectivity index (χ3v) is 3.32. The van der Waals surface area contributed by atoms with Crippen molar-refractivity contribution >= 4 is 12.0 Å². The standard InChI is InChI=1S/C13H24N2O3/c1-3-5-11(12(16)17)15-13(18)14-10(4-2)8-9-6-7-9/h9-11H,3-8H2,1-2H3,(H,16,17)(H2,14,15,18). The average Bonchev–Trinajstić information content (AvgIpc) is 3.11. The highest BCUT2D eigenvalue weighted by atomic mass is 16.4. The molecular formula is C13H24N2O3. The summed E-state index contributed by atoms with van der Waals surface area (Å²) < 4.78 is 0. The highest BCUT2D eigenvalue weighted by Gasteiger charge is 2.26. The topological polar surface area (TPSA) is 78.4 Å². The summed E-state index contributed by atoms with van der Waals surface area (Å²) in [7, 11) is 0. The number of carbonyl (C=O) groups excluding carboxylic acids is 1. The lowest BCUT2D eigenvalue weighted by molar-refractivity contribution is -0.139. The zero-order valence-corrected chi connectivity index (χ0v) is 11.2. The van der Waals surface area contributed by atoms with E-state index >= 15 is 0 Å². The highest BCUT2D eigenvalue weighted by molar-refractivity contribution is 5.82. The molecule has 0 aliphatic heterocycles. The molecule has 3 N–H and O–H groups in total. The van der Waals surface area contributed by atoms with E-state index in [2.05, 4.69) is 10.6 Å². The van der Waals surface area contributed by atoms with E-state index in [0.717, 1.165) is 25.2 Å². The van der Waals surface area contributed by atoms with E-state index in [0.29, 0.717) is 6.42 Å². The van der Waals surface area contributed by atoms with Gasteiger partial charge >= 0.3 is 12.0 Å². The molecule has 2 unspecified atom stereocenters. The Balaban J connectivity index is 2.34. The van der Waals surface area contributed by atoms with Gasteiger partial charge in [0, 0.05) is 6.04 Å². The molecule has 0 aromatic carbocycles. The molecule has 0 saturated heterocycles. The van der Waals surface area contributed by atoms with Crippen LogP contribution < -0.4 is 10.6 Å². The smallest absolute Gasteiger partial charge is 0.326 e. The molecule has 104 valence electrons. The predicted molar refractivity (Wildman–Crippen MR) is 69.4 cm³/mol. The fourth-order valence-corrected chi connectivity index (χ4v) is 2.01. The highest BCUT2D eigenvalue weighted by Crippen LogP contribution is 2.33. The third kappa shape index (κ3) is 5.38. The molecule has 1 aliphatic carbocycles. The fraction of sp³-hybridized carbons (Fsp3) is 0.846. The van der Waals surface area contributed by atoms with E-state index in [1.807, 2.05) is 13.8 Å². The van der Waals surface area contributed by atoms with Crippen molar-refractivity contribution in [1.29, 1.82) is 0 Å². The summed E-state index contributed by atoms with van der Waals surface area (Å²) in [4.78, 5) is 22.6. The first-order valence-corrected chi connectivity index (χ1v) is 6.86. The van der Waals surface area contributed by atoms with Crippen molar-refractivity contribution in [2.75, 3.05) is 0 Å². The second kappa shape index (κ2) is 7.24. The van der Waals surface area contributed by atoms with Gasteiger partial charge in [0.15, 0.2) is 0 Å². The molecule has 0 heterocycles. The Bertz CT molecular complexity index is 290. The van der Waals surface area contributed by atoms with Gasteiger partial charge in [-0.05, 0) is 25.2 Å². The number of carboxylic acid groups (broad SMARTS) is 1. The molecule has 1 rings (SSSR count). The van der Waals surface area contributed by atoms with Crippen LogP contribution in [0.2, 0.25) is 0 Å². The molecule has 1 fully saturated rings. The van der Waals surface area contributed by atoms with Gasteiger partial charge < -0.3 is 15.7 Å². The zero-order valence-electron chi connectivity index (χ0n) is 11.2. The normalized spacial score (nSPS) is 17.9. The van der Waals surface area contributed by atoms with Crippen LogP contribution in [-0.2, 0) is 4.79 Å². The molecule has 2 amide bonds. The summed E-state index contributed by atoms with van der Waals surface area (Å²) in [5.41, 5.74) is 0. The second-order valence-corrected chi connectivity index (χ2v) is 5.08. The lowest BCUT2D eigenvalue weighted by Gasteiger charge is -2.19. The van der Waals surface area contributed by atoms with Crippen molar-refractivity contribution in [2.45, 2.75) is 64.5 Å². The lowest BCUT2D eigenvalue weighted by atomic mass is 10.1. The van der Waals surface area contributed by atoms with E-state index < -0.39 is 12.0 Å². The minimum absolute atomic E-state index is 0.161. The second-order valence-electron chi connectivity index (χ2n) is 5.08. The molecular weight excluding hydrogens is 232 g/mol. The van der Waals surface area contributed by atoms with Gasteiger partial charge in [-0.1, -0.05) is 33.1 Å². The summed E-state index contributed by atoms with van der Waals surface area (Å²) >= 11 is 0. The molecule has 0 spiro atoms. The van der Waals surface area contributed by atoms with Crippen molar-refractivity contribution in [3.63, 3.8) is 0 Å². The van der Waals surface area contributed by atoms with Gasteiger partial charge in [-0.25, -0.2) is 9.59 Å². The third-order valence-electron chi connectivity index (χ3n) is 3.32. The van der Waals surface area contributed by atoms with Gasteiger partial charge in [0.25, 0.3) is 0 Å². The fourth-order valence-electron chi connectivity index (χ4n) is 2.01. The zero-order chi connectivity index (χ0) is 13.5. The van der Waals surface area contributed by atoms with Crippen molar-refractivity contribution in [2.24, 2.45) is 5.92 Å². The molecule has 1 saturated carbocycles. The maximum absolute atomic E-state index is 11.7. The Morgan fingerprint density at radius 1 is 1.28 bits per heavy atom. The van der Waals surface area contributed by atoms with E-state index in [4.69, 9.17) is 5.11 Å². The molecule has 5 heteroatoms. The van der Waals surface area contributed by atoms with Crippen LogP contribution in [0, 0.1) is 5.92 Å². The predicted octanol–water partition coefficient (Wildman–Crippen LogP) is 2.12. The van der Waals surface area contributed by atoms with Crippen LogP contribution in [0.25, 0.3) is 0 Å². The summed E-state index contributed by atoms with van der Waals surface area (Å²) in [6.45, 7) is 3.94. The van der Waals surface area contributed by atoms with Crippen LogP contribution in [0.4, 0.5) is 4.79 Å². The van der Waals surface area contributed by atoms with E-state index in [1.165, 1.54) is 12.8 Å². The monoisotopic (exact) mass is 256 g/mol. The number of nitrogens with one attached hydrogen (secondary N) is 2. The summed E-state index contributed by atoms with van der Waals surface area (Å²) in [5.74, 6) is -0.219. The number of hydrogen-bond donors (Lipinski definition) is 3. The Morgan fingerprint density at radius 2 is 1.94 bits per heavy atom. The first kappa shape index (κ1) is 14.8. The number of rotatable bonds is 8. The number of carboxylic acids is 1. The van der Waals surface area contributed by atoms with Crippen LogP contribution in [0.3, 0.4) is 0 Å². The van der Waals surface area contributed by atoms with Crippen LogP contribution in [0.15, 0.2) is 0 Å². The van der Waals surface area contributed by atoms with Crippen LogP contribution in [0.5, 0.6) is 0 Å². The molecule has 1 aliphatic rings. The first-order valence-electron chi connectivity index (χ1n) is 6.86. The Morgan fingerprint density at radius 3 is 2.39 bits per heavy atom. The van der Waals surface area contributed by atoms with Gasteiger partial charge in [-0.15, -0.1) is 0 Å². The van der Waals surface area contributed by atoms with Crippen molar-refractivity contribution in [1.82, 2.24) is 10.6 Å². The maximum atomic E-state index is 11.7. The molecule has 5 nitrogen and oxygen atoms in total. The van der Waals surface area contributed by atoms with Gasteiger partial charge in [0.1, 0.15) is 6.04 Å². The Labute approximate surface area is 108 Å². The van der Waals surface area contributed by atoms with Crippen LogP contribution in [-0.4, -0.2) is 29.2 Å². The lowest BCUT2D eigenvalue weighted by Crippen LogP contribution is -2.49. The molecule has 0 bridgehead atoms. The minimum Gasteiger partial charge on any atom is -0.480 e. The summed E-state index contributed by atoms with van der Waals surface area (Å²) in [6, 6.07) is -0.981. The number of carbonyl (C=O) groups is 2. The summed E-state index contributed by atoms with van der Waals surface area (Å²) in [5, 5.41) is 14.4. The molecule has 2 atom stereocenters. The van der Waals surface area contributed by atoms with Crippen LogP contribution in [0.1, 0.15) is 52.4 Å². The Hall–Kier alpha value is -1.26. The van der Waals surface area contributed by atoms with Gasteiger partial charge in [0.2, 0.25) is 0 Å². The van der Waals surface area contributed by atoms with Crippen molar-refractivity contribution in [3.8, 4) is 0 Å². The minimum atomic E-state index is -0.970. The average molecular weight is 256 g/mol. The summed E-state index contributed by atoms with van der Waals surface area (Å²) in [6.07, 6.45) is 5.60. The van der Waals surface area contributed by atoms with Crippen LogP contribution >= 0.6 is 0 Å². The van der Waals surface area contributed by atoms with Crippen molar-refractivity contribution in [3.05, 3.63) is 0 Å². The molecule has 0 radical (unpaired) electrons. The molecule has 0 aromatic rings. The number of aliphatic carboxylic acids is 1. The van der Waals surface area contributed by atoms with Gasteiger partial charge in [0.05, 0.1) is 0 Å². The molecule has 0 aromatic heterocycles. The largest absolute Gasteiger partial charge is 0.480 e. The van der Waals surface area contributed by atoms with E-state index in [-0.39, 0.29) is 12.1 Å². The number of hydrogen-bond acceptors (Lipinski definition) is 2. The van der Waals surface area contributed by atoms with Crippen molar-refractivity contribution < 1.29 is 14.7 Å². The molecule has 18 heavy (non-hydrogen) atoms. The van der Waals surface area contributed by atoms with Gasteiger partial charge in [-0.2, -0.15) is 0 Å². The maximum Gasteiger partial charge on any atom is 0.326 e.